The number of nitrogens with one attached hydrogen (secondary N) is 2. The molecule has 0 bridgehead atoms. The van der Waals surface area contributed by atoms with E-state index in [-0.39, 0.29) is 11.3 Å². The van der Waals surface area contributed by atoms with Crippen molar-refractivity contribution >= 4 is 33.5 Å². The zero-order valence-electron chi connectivity index (χ0n) is 12.2. The van der Waals surface area contributed by atoms with Crippen LogP contribution in [-0.4, -0.2) is 27.2 Å². The first-order valence-electron chi connectivity index (χ1n) is 7.41. The number of hydrogen-bond acceptors (Lipinski definition) is 4. The Bertz CT molecular complexity index is 765. The number of amides is 1. The first kappa shape index (κ1) is 13.8. The molecule has 114 valence electrons. The van der Waals surface area contributed by atoms with Gasteiger partial charge in [-0.15, -0.1) is 5.10 Å². The monoisotopic (exact) mass is 361 g/mol. The van der Waals surface area contributed by atoms with Crippen LogP contribution in [0.15, 0.2) is 22.9 Å². The Hall–Kier alpha value is -1.89. The summed E-state index contributed by atoms with van der Waals surface area (Å²) >= 11 is 3.30. The lowest BCUT2D eigenvalue weighted by atomic mass is 9.87. The van der Waals surface area contributed by atoms with Crippen LogP contribution in [0.5, 0.6) is 0 Å². The molecule has 2 aromatic rings. The summed E-state index contributed by atoms with van der Waals surface area (Å²) in [5.41, 5.74) is 3.05. The van der Waals surface area contributed by atoms with E-state index in [1.807, 2.05) is 19.1 Å². The number of halogens is 1. The lowest BCUT2D eigenvalue weighted by Crippen LogP contribution is -2.39. The predicted octanol–water partition coefficient (Wildman–Crippen LogP) is 2.58. The van der Waals surface area contributed by atoms with E-state index in [0.717, 1.165) is 42.7 Å². The molecule has 1 saturated carbocycles. The number of hydrogen-bond donors (Lipinski definition) is 2. The van der Waals surface area contributed by atoms with Crippen LogP contribution in [0.25, 0.3) is 0 Å². The van der Waals surface area contributed by atoms with E-state index < -0.39 is 0 Å². The molecule has 0 atom stereocenters. The van der Waals surface area contributed by atoms with Crippen molar-refractivity contribution in [2.75, 3.05) is 11.9 Å². The first-order chi connectivity index (χ1) is 10.6. The van der Waals surface area contributed by atoms with E-state index in [1.54, 1.807) is 4.68 Å². The number of rotatable bonds is 3. The van der Waals surface area contributed by atoms with Gasteiger partial charge in [-0.2, -0.15) is 4.98 Å². The van der Waals surface area contributed by atoms with Gasteiger partial charge in [-0.3, -0.25) is 4.79 Å². The number of nitrogens with zero attached hydrogens (tertiary/aromatic N) is 3. The molecule has 1 aromatic carbocycles. The minimum Gasteiger partial charge on any atom is -0.351 e. The zero-order valence-corrected chi connectivity index (χ0v) is 13.8. The fourth-order valence-corrected chi connectivity index (χ4v) is 3.41. The molecule has 2 N–H and O–H groups in total. The maximum atomic E-state index is 12.0. The topological polar surface area (TPSA) is 71.8 Å². The van der Waals surface area contributed by atoms with Crippen molar-refractivity contribution < 1.29 is 4.79 Å². The first-order valence-corrected chi connectivity index (χ1v) is 8.21. The molecule has 1 spiro atoms. The lowest BCUT2D eigenvalue weighted by Gasteiger charge is -2.26. The maximum absolute atomic E-state index is 12.0. The fraction of sp³-hybridized carbons (Fsp3) is 0.400. The molecule has 1 aliphatic carbocycles. The van der Waals surface area contributed by atoms with Gasteiger partial charge in [0, 0.05) is 29.8 Å². The minimum absolute atomic E-state index is 0.0264. The highest BCUT2D eigenvalue weighted by Crippen LogP contribution is 2.51. The fourth-order valence-electron chi connectivity index (χ4n) is 3.05. The third kappa shape index (κ3) is 2.11. The summed E-state index contributed by atoms with van der Waals surface area (Å²) in [7, 11) is 0. The van der Waals surface area contributed by atoms with Gasteiger partial charge in [0.2, 0.25) is 10.7 Å². The molecule has 2 heterocycles. The Morgan fingerprint density at radius 1 is 1.45 bits per heavy atom. The van der Waals surface area contributed by atoms with Crippen LogP contribution in [0.1, 0.15) is 35.7 Å². The molecule has 1 amide bonds. The Kier molecular flexibility index (Phi) is 3.00. The summed E-state index contributed by atoms with van der Waals surface area (Å²) in [6.45, 7) is 3.50. The highest BCUT2D eigenvalue weighted by molar-refractivity contribution is 9.10. The van der Waals surface area contributed by atoms with Gasteiger partial charge in [-0.1, -0.05) is 0 Å². The van der Waals surface area contributed by atoms with E-state index in [2.05, 4.69) is 42.7 Å². The summed E-state index contributed by atoms with van der Waals surface area (Å²) in [5, 5.41) is 10.6. The van der Waals surface area contributed by atoms with Crippen molar-refractivity contribution in [3.63, 3.8) is 0 Å². The van der Waals surface area contributed by atoms with Gasteiger partial charge in [0.1, 0.15) is 0 Å². The highest BCUT2D eigenvalue weighted by Gasteiger charge is 2.48. The van der Waals surface area contributed by atoms with Crippen molar-refractivity contribution in [1.29, 1.82) is 0 Å². The van der Waals surface area contributed by atoms with Gasteiger partial charge in [0.15, 0.2) is 0 Å². The van der Waals surface area contributed by atoms with Crippen LogP contribution < -0.4 is 10.6 Å². The third-order valence-electron chi connectivity index (χ3n) is 4.48. The Labute approximate surface area is 136 Å². The van der Waals surface area contributed by atoms with Crippen LogP contribution in [0.3, 0.4) is 0 Å². The molecule has 7 heteroatoms. The van der Waals surface area contributed by atoms with Crippen LogP contribution in [0, 0.1) is 0 Å². The molecule has 0 unspecified atom stereocenters. The van der Waals surface area contributed by atoms with Gasteiger partial charge in [0.05, 0.1) is 0 Å². The summed E-state index contributed by atoms with van der Waals surface area (Å²) < 4.78 is 2.36. The second kappa shape index (κ2) is 4.81. The van der Waals surface area contributed by atoms with Crippen LogP contribution in [0.4, 0.5) is 11.6 Å². The van der Waals surface area contributed by atoms with Crippen molar-refractivity contribution in [1.82, 2.24) is 20.1 Å². The van der Waals surface area contributed by atoms with E-state index in [4.69, 9.17) is 0 Å². The average Bonchev–Trinajstić information content (AvgIpc) is 3.21. The zero-order chi connectivity index (χ0) is 15.3. The average molecular weight is 362 g/mol. The molecule has 4 rings (SSSR count). The molecule has 22 heavy (non-hydrogen) atoms. The normalized spacial score (nSPS) is 18.0. The summed E-state index contributed by atoms with van der Waals surface area (Å²) in [6.07, 6.45) is 2.28. The van der Waals surface area contributed by atoms with Gasteiger partial charge in [0.25, 0.3) is 5.91 Å². The largest absolute Gasteiger partial charge is 0.351 e. The van der Waals surface area contributed by atoms with Crippen molar-refractivity contribution in [2.45, 2.75) is 31.7 Å². The Balaban J connectivity index is 1.70. The van der Waals surface area contributed by atoms with Crippen LogP contribution in [-0.2, 0) is 12.0 Å². The van der Waals surface area contributed by atoms with Crippen molar-refractivity contribution in [2.24, 2.45) is 0 Å². The molecule has 0 saturated heterocycles. The number of aromatic nitrogens is 3. The van der Waals surface area contributed by atoms with Gasteiger partial charge in [-0.25, -0.2) is 4.68 Å². The predicted molar refractivity (Wildman–Crippen MR) is 86.4 cm³/mol. The van der Waals surface area contributed by atoms with E-state index >= 15 is 0 Å². The highest BCUT2D eigenvalue weighted by atomic mass is 79.9. The molecule has 1 aliphatic heterocycles. The molecule has 2 aliphatic rings. The van der Waals surface area contributed by atoms with Crippen molar-refractivity contribution in [3.05, 3.63) is 34.1 Å². The number of benzene rings is 1. The second-order valence-corrected chi connectivity index (χ2v) is 6.58. The standard InChI is InChI=1S/C15H16BrN5O/c1-2-21-14(19-13(16)20-21)18-9-3-4-10-11(7-9)15(5-6-15)8-17-12(10)22/h3-4,7H,2,5-6,8H2,1H3,(H,17,22)(H,18,19,20). The minimum atomic E-state index is 0.0264. The second-order valence-electron chi connectivity index (χ2n) is 5.87. The Morgan fingerprint density at radius 2 is 2.27 bits per heavy atom. The third-order valence-corrected chi connectivity index (χ3v) is 4.81. The summed E-state index contributed by atoms with van der Waals surface area (Å²) in [6, 6.07) is 5.90. The SMILES string of the molecule is CCn1nc(Br)nc1Nc1ccc2c(c1)C1(CC1)CNC2=O. The molecule has 1 fully saturated rings. The summed E-state index contributed by atoms with van der Waals surface area (Å²) in [5.74, 6) is 0.720. The lowest BCUT2D eigenvalue weighted by molar-refractivity contribution is 0.0937. The summed E-state index contributed by atoms with van der Waals surface area (Å²) in [4.78, 5) is 16.3. The Morgan fingerprint density at radius 3 is 3.00 bits per heavy atom. The van der Waals surface area contributed by atoms with E-state index in [0.29, 0.717) is 10.7 Å². The number of anilines is 2. The molecular formula is C15H16BrN5O. The maximum Gasteiger partial charge on any atom is 0.251 e. The quantitative estimate of drug-likeness (QED) is 0.881. The van der Waals surface area contributed by atoms with Gasteiger partial charge >= 0.3 is 0 Å². The van der Waals surface area contributed by atoms with E-state index in [1.165, 1.54) is 0 Å². The molecular weight excluding hydrogens is 346 g/mol. The van der Waals surface area contributed by atoms with Crippen molar-refractivity contribution in [3.8, 4) is 0 Å². The molecule has 1 aromatic heterocycles. The number of aryl methyl sites for hydroxylation is 1. The number of carbonyl (C=O) groups is 1. The van der Waals surface area contributed by atoms with Gasteiger partial charge < -0.3 is 10.6 Å². The number of carbonyl (C=O) groups excluding carboxylic acids is 1. The van der Waals surface area contributed by atoms with Crippen LogP contribution in [0.2, 0.25) is 0 Å². The number of fused-ring (bicyclic) bond motifs is 2. The van der Waals surface area contributed by atoms with E-state index in [9.17, 15) is 4.79 Å². The molecule has 0 radical (unpaired) electrons. The smallest absolute Gasteiger partial charge is 0.251 e. The van der Waals surface area contributed by atoms with Crippen LogP contribution >= 0.6 is 15.9 Å². The van der Waals surface area contributed by atoms with Gasteiger partial charge in [-0.05, 0) is 59.5 Å². The molecule has 6 nitrogen and oxygen atoms in total.